The first-order valence-corrected chi connectivity index (χ1v) is 7.08. The van der Waals surface area contributed by atoms with Gasteiger partial charge >= 0.3 is 0 Å². The molecule has 2 rings (SSSR count). The van der Waals surface area contributed by atoms with Crippen LogP contribution in [0.3, 0.4) is 0 Å². The van der Waals surface area contributed by atoms with Crippen molar-refractivity contribution in [3.05, 3.63) is 15.6 Å². The molecule has 0 aromatic carbocycles. The number of nitrogens with zero attached hydrogens (tertiary/aromatic N) is 1. The second-order valence-corrected chi connectivity index (χ2v) is 6.39. The average Bonchev–Trinajstić information content (AvgIpc) is 2.90. The lowest BCUT2D eigenvalue weighted by atomic mass is 10.1. The number of rotatable bonds is 5. The first-order valence-electron chi connectivity index (χ1n) is 6.26. The van der Waals surface area contributed by atoms with Gasteiger partial charge in [-0.3, -0.25) is 0 Å². The summed E-state index contributed by atoms with van der Waals surface area (Å²) in [6.07, 6.45) is 4.22. The van der Waals surface area contributed by atoms with Crippen molar-refractivity contribution in [1.29, 1.82) is 0 Å². The highest BCUT2D eigenvalue weighted by Crippen LogP contribution is 2.34. The van der Waals surface area contributed by atoms with Gasteiger partial charge in [0.1, 0.15) is 0 Å². The number of thiazole rings is 1. The van der Waals surface area contributed by atoms with Gasteiger partial charge in [-0.2, -0.15) is 0 Å². The highest BCUT2D eigenvalue weighted by Gasteiger charge is 2.24. The van der Waals surface area contributed by atoms with Gasteiger partial charge in [0.25, 0.3) is 0 Å². The number of hydrogen-bond donors (Lipinski definition) is 1. The summed E-state index contributed by atoms with van der Waals surface area (Å²) in [5.74, 6) is 0.999. The van der Waals surface area contributed by atoms with Crippen LogP contribution in [0, 0.1) is 19.8 Å². The van der Waals surface area contributed by atoms with Crippen LogP contribution in [-0.4, -0.2) is 11.0 Å². The normalized spacial score (nSPS) is 19.8. The van der Waals surface area contributed by atoms with Crippen LogP contribution < -0.4 is 5.32 Å². The molecule has 1 aromatic rings. The van der Waals surface area contributed by atoms with Crippen LogP contribution in [-0.2, 0) is 0 Å². The smallest absolute Gasteiger partial charge is 0.0900 e. The van der Waals surface area contributed by atoms with Crippen LogP contribution in [0.5, 0.6) is 0 Å². The Hall–Kier alpha value is -0.410. The monoisotopic (exact) mass is 238 g/mol. The molecule has 90 valence electrons. The predicted octanol–water partition coefficient (Wildman–Crippen LogP) is 3.60. The third-order valence-corrected chi connectivity index (χ3v) is 4.51. The number of aromatic nitrogens is 1. The molecular weight excluding hydrogens is 216 g/mol. The summed E-state index contributed by atoms with van der Waals surface area (Å²) in [6, 6.07) is 1.07. The van der Waals surface area contributed by atoms with E-state index < -0.39 is 0 Å². The summed E-state index contributed by atoms with van der Waals surface area (Å²) < 4.78 is 0. The molecule has 1 aromatic heterocycles. The number of nitrogens with one attached hydrogen (secondary N) is 1. The maximum atomic E-state index is 4.49. The summed E-state index contributed by atoms with van der Waals surface area (Å²) in [4.78, 5) is 5.89. The van der Waals surface area contributed by atoms with Crippen molar-refractivity contribution in [1.82, 2.24) is 10.3 Å². The zero-order valence-electron chi connectivity index (χ0n) is 10.7. The molecule has 1 saturated carbocycles. The van der Waals surface area contributed by atoms with Gasteiger partial charge in [0, 0.05) is 17.0 Å². The van der Waals surface area contributed by atoms with E-state index in [1.807, 2.05) is 11.3 Å². The summed E-state index contributed by atoms with van der Waals surface area (Å²) in [5.41, 5.74) is 1.20. The van der Waals surface area contributed by atoms with Crippen LogP contribution in [0.4, 0.5) is 0 Å². The Morgan fingerprint density at radius 1 is 1.38 bits per heavy atom. The minimum atomic E-state index is 0.444. The molecule has 0 radical (unpaired) electrons. The summed E-state index contributed by atoms with van der Waals surface area (Å²) in [7, 11) is 0. The zero-order chi connectivity index (χ0) is 11.7. The largest absolute Gasteiger partial charge is 0.307 e. The molecule has 2 atom stereocenters. The quantitative estimate of drug-likeness (QED) is 0.848. The Morgan fingerprint density at radius 3 is 2.56 bits per heavy atom. The third kappa shape index (κ3) is 3.05. The van der Waals surface area contributed by atoms with Gasteiger partial charge < -0.3 is 5.32 Å². The Kier molecular flexibility index (Phi) is 3.65. The molecule has 0 amide bonds. The van der Waals surface area contributed by atoms with Crippen molar-refractivity contribution < 1.29 is 0 Å². The van der Waals surface area contributed by atoms with Crippen molar-refractivity contribution in [2.75, 3.05) is 0 Å². The molecule has 0 aliphatic heterocycles. The Morgan fingerprint density at radius 2 is 2.06 bits per heavy atom. The first kappa shape index (κ1) is 12.1. The van der Waals surface area contributed by atoms with E-state index in [0.717, 1.165) is 5.92 Å². The summed E-state index contributed by atoms with van der Waals surface area (Å²) in [5, 5.41) is 4.87. The molecule has 0 bridgehead atoms. The van der Waals surface area contributed by atoms with Crippen molar-refractivity contribution >= 4 is 11.3 Å². The fraction of sp³-hybridized carbons (Fsp3) is 0.769. The van der Waals surface area contributed by atoms with E-state index in [1.54, 1.807) is 0 Å². The van der Waals surface area contributed by atoms with Crippen LogP contribution in [0.25, 0.3) is 0 Å². The average molecular weight is 238 g/mol. The van der Waals surface area contributed by atoms with Gasteiger partial charge in [-0.15, -0.1) is 11.3 Å². The van der Waals surface area contributed by atoms with Gasteiger partial charge in [-0.25, -0.2) is 4.98 Å². The van der Waals surface area contributed by atoms with E-state index in [4.69, 9.17) is 0 Å². The minimum absolute atomic E-state index is 0.444. The molecule has 2 nitrogen and oxygen atoms in total. The van der Waals surface area contributed by atoms with Crippen LogP contribution in [0.15, 0.2) is 0 Å². The van der Waals surface area contributed by atoms with E-state index in [9.17, 15) is 0 Å². The summed E-state index contributed by atoms with van der Waals surface area (Å²) >= 11 is 1.83. The van der Waals surface area contributed by atoms with E-state index >= 15 is 0 Å². The van der Waals surface area contributed by atoms with E-state index in [1.165, 1.54) is 34.8 Å². The number of hydrogen-bond acceptors (Lipinski definition) is 3. The van der Waals surface area contributed by atoms with Crippen molar-refractivity contribution in [3.8, 4) is 0 Å². The van der Waals surface area contributed by atoms with Gasteiger partial charge in [-0.05, 0) is 40.0 Å². The fourth-order valence-corrected chi connectivity index (χ4v) is 3.31. The van der Waals surface area contributed by atoms with E-state index in [2.05, 4.69) is 38.0 Å². The SMILES string of the molecule is Cc1nc(C)c(C(C)NC(C)CC2CC2)s1. The first-order chi connectivity index (χ1) is 7.56. The molecule has 1 N–H and O–H groups in total. The topological polar surface area (TPSA) is 24.9 Å². The molecule has 1 aliphatic carbocycles. The standard InChI is InChI=1S/C13H22N2S/c1-8(7-12-5-6-12)14-9(2)13-10(3)15-11(4)16-13/h8-9,12,14H,5-7H2,1-4H3. The molecule has 0 saturated heterocycles. The van der Waals surface area contributed by atoms with Gasteiger partial charge in [0.2, 0.25) is 0 Å². The summed E-state index contributed by atoms with van der Waals surface area (Å²) in [6.45, 7) is 8.76. The maximum absolute atomic E-state index is 4.49. The maximum Gasteiger partial charge on any atom is 0.0900 e. The zero-order valence-corrected chi connectivity index (χ0v) is 11.5. The van der Waals surface area contributed by atoms with Crippen LogP contribution in [0.2, 0.25) is 0 Å². The molecule has 1 heterocycles. The van der Waals surface area contributed by atoms with E-state index in [-0.39, 0.29) is 0 Å². The lowest BCUT2D eigenvalue weighted by Gasteiger charge is -2.19. The van der Waals surface area contributed by atoms with Gasteiger partial charge in [0.15, 0.2) is 0 Å². The fourth-order valence-electron chi connectivity index (χ4n) is 2.37. The van der Waals surface area contributed by atoms with Crippen LogP contribution in [0.1, 0.15) is 54.7 Å². The molecule has 1 aliphatic rings. The molecular formula is C13H22N2S. The van der Waals surface area contributed by atoms with Gasteiger partial charge in [-0.1, -0.05) is 12.8 Å². The highest BCUT2D eigenvalue weighted by molar-refractivity contribution is 7.11. The lowest BCUT2D eigenvalue weighted by molar-refractivity contribution is 0.441. The second kappa shape index (κ2) is 4.84. The predicted molar refractivity (Wildman–Crippen MR) is 69.9 cm³/mol. The minimum Gasteiger partial charge on any atom is -0.307 e. The van der Waals surface area contributed by atoms with Gasteiger partial charge in [0.05, 0.1) is 10.7 Å². The van der Waals surface area contributed by atoms with Crippen molar-refractivity contribution in [3.63, 3.8) is 0 Å². The van der Waals surface area contributed by atoms with Crippen LogP contribution >= 0.6 is 11.3 Å². The highest BCUT2D eigenvalue weighted by atomic mass is 32.1. The van der Waals surface area contributed by atoms with E-state index in [0.29, 0.717) is 12.1 Å². The molecule has 0 spiro atoms. The Bertz CT molecular complexity index is 355. The van der Waals surface area contributed by atoms with Crippen molar-refractivity contribution in [2.24, 2.45) is 5.92 Å². The molecule has 1 fully saturated rings. The lowest BCUT2D eigenvalue weighted by Crippen LogP contribution is -2.29. The molecule has 16 heavy (non-hydrogen) atoms. The Labute approximate surface area is 102 Å². The molecule has 2 unspecified atom stereocenters. The third-order valence-electron chi connectivity index (χ3n) is 3.25. The van der Waals surface area contributed by atoms with Crippen molar-refractivity contribution in [2.45, 2.75) is 59.0 Å². The Balaban J connectivity index is 1.90. The number of aryl methyl sites for hydroxylation is 2. The molecule has 3 heteroatoms. The second-order valence-electron chi connectivity index (χ2n) is 5.15.